The zero-order valence-corrected chi connectivity index (χ0v) is 14.3. The van der Waals surface area contributed by atoms with Crippen LogP contribution in [0.1, 0.15) is 22.8 Å². The van der Waals surface area contributed by atoms with E-state index >= 15 is 0 Å². The minimum absolute atomic E-state index is 0.0391. The molecule has 5 nitrogen and oxygen atoms in total. The van der Waals surface area contributed by atoms with E-state index in [1.165, 1.54) is 17.0 Å². The highest BCUT2D eigenvalue weighted by Gasteiger charge is 2.17. The van der Waals surface area contributed by atoms with E-state index in [1.807, 2.05) is 6.92 Å². The summed E-state index contributed by atoms with van der Waals surface area (Å²) in [7, 11) is 1.56. The summed E-state index contributed by atoms with van der Waals surface area (Å²) < 4.78 is 17.9. The van der Waals surface area contributed by atoms with Gasteiger partial charge in [0.1, 0.15) is 11.6 Å². The monoisotopic (exact) mass is 344 g/mol. The molecule has 0 aliphatic heterocycles. The molecule has 2 rings (SSSR count). The van der Waals surface area contributed by atoms with Gasteiger partial charge < -0.3 is 15.0 Å². The van der Waals surface area contributed by atoms with Crippen LogP contribution in [-0.4, -0.2) is 36.9 Å². The maximum Gasteiger partial charge on any atom is 0.254 e. The van der Waals surface area contributed by atoms with Crippen molar-refractivity contribution in [2.24, 2.45) is 0 Å². The quantitative estimate of drug-likeness (QED) is 0.840. The van der Waals surface area contributed by atoms with Crippen LogP contribution in [0.15, 0.2) is 48.5 Å². The van der Waals surface area contributed by atoms with E-state index in [9.17, 15) is 14.0 Å². The van der Waals surface area contributed by atoms with Crippen LogP contribution in [0.3, 0.4) is 0 Å². The highest BCUT2D eigenvalue weighted by Crippen LogP contribution is 2.13. The fourth-order valence-electron chi connectivity index (χ4n) is 2.28. The van der Waals surface area contributed by atoms with Crippen molar-refractivity contribution in [3.63, 3.8) is 0 Å². The lowest BCUT2D eigenvalue weighted by Crippen LogP contribution is -2.40. The number of hydrogen-bond donors (Lipinski definition) is 1. The number of methoxy groups -OCH3 is 1. The molecule has 0 radical (unpaired) electrons. The van der Waals surface area contributed by atoms with E-state index in [-0.39, 0.29) is 30.7 Å². The Morgan fingerprint density at radius 1 is 1.08 bits per heavy atom. The Bertz CT molecular complexity index is 714. The molecule has 0 unspecified atom stereocenters. The second kappa shape index (κ2) is 8.82. The molecule has 0 aliphatic carbocycles. The molecule has 0 spiro atoms. The summed E-state index contributed by atoms with van der Waals surface area (Å²) in [5.74, 6) is -0.149. The Hall–Kier alpha value is -2.89. The lowest BCUT2D eigenvalue weighted by Gasteiger charge is -2.20. The Morgan fingerprint density at radius 2 is 1.72 bits per heavy atom. The molecular formula is C19H21FN2O3. The maximum atomic E-state index is 12.9. The van der Waals surface area contributed by atoms with Crippen molar-refractivity contribution in [1.82, 2.24) is 10.2 Å². The van der Waals surface area contributed by atoms with Crippen molar-refractivity contribution in [2.75, 3.05) is 20.2 Å². The van der Waals surface area contributed by atoms with Crippen LogP contribution in [0, 0.1) is 5.82 Å². The first-order valence-electron chi connectivity index (χ1n) is 7.98. The lowest BCUT2D eigenvalue weighted by atomic mass is 10.2. The molecule has 0 fully saturated rings. The summed E-state index contributed by atoms with van der Waals surface area (Å²) in [5.41, 5.74) is 1.29. The third-order valence-corrected chi connectivity index (χ3v) is 3.74. The van der Waals surface area contributed by atoms with Crippen molar-refractivity contribution in [3.8, 4) is 5.75 Å². The van der Waals surface area contributed by atoms with Gasteiger partial charge in [-0.25, -0.2) is 4.39 Å². The van der Waals surface area contributed by atoms with Gasteiger partial charge in [0.25, 0.3) is 5.91 Å². The van der Waals surface area contributed by atoms with Gasteiger partial charge in [0.05, 0.1) is 13.7 Å². The Balaban J connectivity index is 1.91. The van der Waals surface area contributed by atoms with Crippen LogP contribution in [0.5, 0.6) is 5.75 Å². The van der Waals surface area contributed by atoms with E-state index in [2.05, 4.69) is 5.32 Å². The predicted molar refractivity (Wildman–Crippen MR) is 92.8 cm³/mol. The van der Waals surface area contributed by atoms with Gasteiger partial charge in [-0.15, -0.1) is 0 Å². The van der Waals surface area contributed by atoms with Gasteiger partial charge in [0, 0.05) is 18.7 Å². The minimum atomic E-state index is -0.322. The molecule has 132 valence electrons. The van der Waals surface area contributed by atoms with Crippen molar-refractivity contribution >= 4 is 11.8 Å². The fraction of sp³-hybridized carbons (Fsp3) is 0.263. The number of benzene rings is 2. The lowest BCUT2D eigenvalue weighted by molar-refractivity contribution is -0.121. The third-order valence-electron chi connectivity index (χ3n) is 3.74. The second-order valence-corrected chi connectivity index (χ2v) is 5.45. The van der Waals surface area contributed by atoms with Crippen molar-refractivity contribution in [3.05, 3.63) is 65.5 Å². The van der Waals surface area contributed by atoms with Crippen LogP contribution in [0.25, 0.3) is 0 Å². The van der Waals surface area contributed by atoms with Gasteiger partial charge in [-0.2, -0.15) is 0 Å². The number of halogens is 1. The number of carbonyl (C=O) groups is 2. The van der Waals surface area contributed by atoms with Crippen LogP contribution in [-0.2, 0) is 11.3 Å². The smallest absolute Gasteiger partial charge is 0.254 e. The number of nitrogens with zero attached hydrogens (tertiary/aromatic N) is 1. The Morgan fingerprint density at radius 3 is 2.28 bits per heavy atom. The molecule has 0 saturated heterocycles. The SMILES string of the molecule is CCN(CC(=O)NCc1ccc(F)cc1)C(=O)c1ccc(OC)cc1. The minimum Gasteiger partial charge on any atom is -0.497 e. The number of ether oxygens (including phenoxy) is 1. The highest BCUT2D eigenvalue weighted by atomic mass is 19.1. The molecule has 0 bridgehead atoms. The molecule has 0 aromatic heterocycles. The van der Waals surface area contributed by atoms with Crippen LogP contribution < -0.4 is 10.1 Å². The third kappa shape index (κ3) is 5.31. The number of hydrogen-bond acceptors (Lipinski definition) is 3. The zero-order valence-electron chi connectivity index (χ0n) is 14.3. The number of carbonyl (C=O) groups excluding carboxylic acids is 2. The molecule has 0 saturated carbocycles. The van der Waals surface area contributed by atoms with Gasteiger partial charge in [0.2, 0.25) is 5.91 Å². The van der Waals surface area contributed by atoms with Crippen LogP contribution in [0.4, 0.5) is 4.39 Å². The van der Waals surface area contributed by atoms with Gasteiger partial charge in [0.15, 0.2) is 0 Å². The van der Waals surface area contributed by atoms with Crippen LogP contribution in [0.2, 0.25) is 0 Å². The molecule has 1 N–H and O–H groups in total. The average Bonchev–Trinajstić information content (AvgIpc) is 2.65. The standard InChI is InChI=1S/C19H21FN2O3/c1-3-22(19(24)15-6-10-17(25-2)11-7-15)13-18(23)21-12-14-4-8-16(20)9-5-14/h4-11H,3,12-13H2,1-2H3,(H,21,23). The largest absolute Gasteiger partial charge is 0.497 e. The summed E-state index contributed by atoms with van der Waals surface area (Å²) in [5, 5.41) is 2.73. The molecule has 0 aliphatic rings. The van der Waals surface area contributed by atoms with E-state index in [0.717, 1.165) is 5.56 Å². The Labute approximate surface area is 146 Å². The summed E-state index contributed by atoms with van der Waals surface area (Å²) in [4.78, 5) is 26.0. The summed E-state index contributed by atoms with van der Waals surface area (Å²) in [6, 6.07) is 12.6. The molecule has 6 heteroatoms. The number of likely N-dealkylation sites (N-methyl/N-ethyl adjacent to an activating group) is 1. The molecular weight excluding hydrogens is 323 g/mol. The fourth-order valence-corrected chi connectivity index (χ4v) is 2.28. The first-order valence-corrected chi connectivity index (χ1v) is 7.98. The molecule has 25 heavy (non-hydrogen) atoms. The van der Waals surface area contributed by atoms with Crippen molar-refractivity contribution < 1.29 is 18.7 Å². The Kier molecular flexibility index (Phi) is 6.51. The molecule has 2 aromatic carbocycles. The maximum absolute atomic E-state index is 12.9. The molecule has 0 atom stereocenters. The van der Waals surface area contributed by atoms with Gasteiger partial charge >= 0.3 is 0 Å². The normalized spacial score (nSPS) is 10.2. The van der Waals surface area contributed by atoms with Crippen molar-refractivity contribution in [2.45, 2.75) is 13.5 Å². The van der Waals surface area contributed by atoms with E-state index in [1.54, 1.807) is 43.5 Å². The first-order chi connectivity index (χ1) is 12.0. The summed E-state index contributed by atoms with van der Waals surface area (Å²) in [6.07, 6.45) is 0. The summed E-state index contributed by atoms with van der Waals surface area (Å²) >= 11 is 0. The topological polar surface area (TPSA) is 58.6 Å². The second-order valence-electron chi connectivity index (χ2n) is 5.45. The van der Waals surface area contributed by atoms with Gasteiger partial charge in [-0.1, -0.05) is 12.1 Å². The number of nitrogens with one attached hydrogen (secondary N) is 1. The molecule has 0 heterocycles. The summed E-state index contributed by atoms with van der Waals surface area (Å²) in [6.45, 7) is 2.47. The molecule has 2 amide bonds. The van der Waals surface area contributed by atoms with E-state index < -0.39 is 0 Å². The van der Waals surface area contributed by atoms with E-state index in [0.29, 0.717) is 17.9 Å². The average molecular weight is 344 g/mol. The van der Waals surface area contributed by atoms with Gasteiger partial charge in [-0.3, -0.25) is 9.59 Å². The zero-order chi connectivity index (χ0) is 18.2. The van der Waals surface area contributed by atoms with Crippen LogP contribution >= 0.6 is 0 Å². The highest BCUT2D eigenvalue weighted by molar-refractivity contribution is 5.96. The first kappa shape index (κ1) is 18.4. The van der Waals surface area contributed by atoms with E-state index in [4.69, 9.17) is 4.74 Å². The number of amides is 2. The molecule has 2 aromatic rings. The van der Waals surface area contributed by atoms with Crippen molar-refractivity contribution in [1.29, 1.82) is 0 Å². The number of rotatable bonds is 7. The van der Waals surface area contributed by atoms with Gasteiger partial charge in [-0.05, 0) is 48.9 Å². The predicted octanol–water partition coefficient (Wildman–Crippen LogP) is 2.61.